The number of nitrogens with one attached hydrogen (secondary N) is 1. The molecule has 0 amide bonds. The third kappa shape index (κ3) is 2.98. The molecule has 0 radical (unpaired) electrons. The zero-order valence-electron chi connectivity index (χ0n) is 12.2. The van der Waals surface area contributed by atoms with Crippen LogP contribution in [0.25, 0.3) is 0 Å². The number of hydrogen-bond donors (Lipinski definition) is 1. The predicted molar refractivity (Wildman–Crippen MR) is 84.0 cm³/mol. The molecule has 0 heterocycles. The van der Waals surface area contributed by atoms with Crippen molar-refractivity contribution in [3.63, 3.8) is 0 Å². The van der Waals surface area contributed by atoms with Crippen molar-refractivity contribution in [3.8, 4) is 0 Å². The summed E-state index contributed by atoms with van der Waals surface area (Å²) in [5.74, 6) is 0. The van der Waals surface area contributed by atoms with E-state index in [0.29, 0.717) is 0 Å². The highest BCUT2D eigenvalue weighted by Gasteiger charge is 2.11. The third-order valence-corrected chi connectivity index (χ3v) is 3.76. The third-order valence-electron chi connectivity index (χ3n) is 3.76. The maximum atomic E-state index is 3.32. The van der Waals surface area contributed by atoms with Crippen LogP contribution in [0.15, 0.2) is 42.5 Å². The second kappa shape index (κ2) is 6.42. The summed E-state index contributed by atoms with van der Waals surface area (Å²) >= 11 is 0. The summed E-state index contributed by atoms with van der Waals surface area (Å²) < 4.78 is 0. The molecule has 2 rings (SSSR count). The van der Waals surface area contributed by atoms with Gasteiger partial charge in [-0.05, 0) is 47.6 Å². The number of rotatable bonds is 5. The van der Waals surface area contributed by atoms with Crippen LogP contribution < -0.4 is 5.32 Å². The zero-order valence-corrected chi connectivity index (χ0v) is 12.2. The van der Waals surface area contributed by atoms with Gasteiger partial charge >= 0.3 is 0 Å². The first-order valence-electron chi connectivity index (χ1n) is 7.15. The summed E-state index contributed by atoms with van der Waals surface area (Å²) in [7, 11) is 2.01. The van der Waals surface area contributed by atoms with Gasteiger partial charge < -0.3 is 5.32 Å². The molecule has 0 fully saturated rings. The standard InChI is InChI=1S/C18H23N/c1-4-15-11-12-18(19-3)16(5-2)17(15)13-14-9-7-6-8-10-14/h6-12,19H,4-5,13H2,1-3H3. The van der Waals surface area contributed by atoms with E-state index in [9.17, 15) is 0 Å². The summed E-state index contributed by atoms with van der Waals surface area (Å²) in [6, 6.07) is 15.2. The van der Waals surface area contributed by atoms with Crippen LogP contribution in [-0.4, -0.2) is 7.05 Å². The lowest BCUT2D eigenvalue weighted by atomic mass is 9.91. The lowest BCUT2D eigenvalue weighted by molar-refractivity contribution is 1.00. The van der Waals surface area contributed by atoms with Gasteiger partial charge in [-0.15, -0.1) is 0 Å². The Morgan fingerprint density at radius 2 is 1.58 bits per heavy atom. The Bertz CT molecular complexity index is 529. The van der Waals surface area contributed by atoms with Crippen LogP contribution in [0.5, 0.6) is 0 Å². The van der Waals surface area contributed by atoms with Crippen LogP contribution in [0.3, 0.4) is 0 Å². The van der Waals surface area contributed by atoms with E-state index in [1.807, 2.05) is 7.05 Å². The molecule has 1 N–H and O–H groups in total. The fraction of sp³-hybridized carbons (Fsp3) is 0.333. The zero-order chi connectivity index (χ0) is 13.7. The normalized spacial score (nSPS) is 10.5. The summed E-state index contributed by atoms with van der Waals surface area (Å²) in [5.41, 5.74) is 7.10. The first-order valence-corrected chi connectivity index (χ1v) is 7.15. The number of anilines is 1. The molecule has 19 heavy (non-hydrogen) atoms. The summed E-state index contributed by atoms with van der Waals surface area (Å²) in [5, 5.41) is 3.32. The van der Waals surface area contributed by atoms with Crippen molar-refractivity contribution >= 4 is 5.69 Å². The van der Waals surface area contributed by atoms with Gasteiger partial charge in [0.15, 0.2) is 0 Å². The van der Waals surface area contributed by atoms with Crippen LogP contribution in [0.2, 0.25) is 0 Å². The molecule has 0 saturated carbocycles. The van der Waals surface area contributed by atoms with Crippen LogP contribution >= 0.6 is 0 Å². The molecule has 0 aromatic heterocycles. The molecule has 1 heteroatoms. The minimum Gasteiger partial charge on any atom is -0.388 e. The van der Waals surface area contributed by atoms with E-state index in [2.05, 4.69) is 61.6 Å². The van der Waals surface area contributed by atoms with Crippen LogP contribution in [0.4, 0.5) is 5.69 Å². The molecule has 0 saturated heterocycles. The average molecular weight is 253 g/mol. The van der Waals surface area contributed by atoms with E-state index in [1.54, 1.807) is 0 Å². The van der Waals surface area contributed by atoms with Crippen molar-refractivity contribution in [2.24, 2.45) is 0 Å². The Morgan fingerprint density at radius 1 is 0.842 bits per heavy atom. The van der Waals surface area contributed by atoms with E-state index in [0.717, 1.165) is 19.3 Å². The minimum absolute atomic E-state index is 1.03. The molecule has 2 aromatic carbocycles. The predicted octanol–water partition coefficient (Wildman–Crippen LogP) is 4.44. The van der Waals surface area contributed by atoms with E-state index in [1.165, 1.54) is 27.9 Å². The highest BCUT2D eigenvalue weighted by Crippen LogP contribution is 2.27. The molecule has 0 aliphatic carbocycles. The average Bonchev–Trinajstić information content (AvgIpc) is 2.47. The maximum Gasteiger partial charge on any atom is 0.0373 e. The Balaban J connectivity index is 2.46. The van der Waals surface area contributed by atoms with Crippen molar-refractivity contribution in [2.75, 3.05) is 12.4 Å². The van der Waals surface area contributed by atoms with Crippen molar-refractivity contribution in [1.82, 2.24) is 0 Å². The van der Waals surface area contributed by atoms with E-state index in [-0.39, 0.29) is 0 Å². The van der Waals surface area contributed by atoms with Gasteiger partial charge in [0, 0.05) is 12.7 Å². The molecule has 100 valence electrons. The molecular formula is C18H23N. The van der Waals surface area contributed by atoms with E-state index >= 15 is 0 Å². The van der Waals surface area contributed by atoms with Crippen LogP contribution in [0.1, 0.15) is 36.1 Å². The molecule has 0 aliphatic heterocycles. The number of benzene rings is 2. The lowest BCUT2D eigenvalue weighted by Crippen LogP contribution is -2.04. The molecule has 0 unspecified atom stereocenters. The Morgan fingerprint density at radius 3 is 2.16 bits per heavy atom. The second-order valence-electron chi connectivity index (χ2n) is 4.85. The van der Waals surface area contributed by atoms with Gasteiger partial charge in [0.2, 0.25) is 0 Å². The lowest BCUT2D eigenvalue weighted by Gasteiger charge is -2.17. The monoisotopic (exact) mass is 253 g/mol. The van der Waals surface area contributed by atoms with Crippen LogP contribution in [0, 0.1) is 0 Å². The highest BCUT2D eigenvalue weighted by atomic mass is 14.8. The first-order chi connectivity index (χ1) is 9.30. The van der Waals surface area contributed by atoms with Crippen LogP contribution in [-0.2, 0) is 19.3 Å². The van der Waals surface area contributed by atoms with Crippen molar-refractivity contribution in [3.05, 3.63) is 64.7 Å². The fourth-order valence-electron chi connectivity index (χ4n) is 2.73. The van der Waals surface area contributed by atoms with Gasteiger partial charge in [-0.1, -0.05) is 50.2 Å². The van der Waals surface area contributed by atoms with E-state index < -0.39 is 0 Å². The molecule has 0 spiro atoms. The molecule has 2 aromatic rings. The topological polar surface area (TPSA) is 12.0 Å². The maximum absolute atomic E-state index is 3.32. The number of hydrogen-bond acceptors (Lipinski definition) is 1. The minimum atomic E-state index is 1.03. The van der Waals surface area contributed by atoms with Gasteiger partial charge in [0.25, 0.3) is 0 Å². The van der Waals surface area contributed by atoms with E-state index in [4.69, 9.17) is 0 Å². The van der Waals surface area contributed by atoms with Crippen molar-refractivity contribution in [2.45, 2.75) is 33.1 Å². The van der Waals surface area contributed by atoms with Crippen molar-refractivity contribution in [1.29, 1.82) is 0 Å². The van der Waals surface area contributed by atoms with Gasteiger partial charge in [0.1, 0.15) is 0 Å². The van der Waals surface area contributed by atoms with Gasteiger partial charge in [-0.2, -0.15) is 0 Å². The van der Waals surface area contributed by atoms with Gasteiger partial charge in [0.05, 0.1) is 0 Å². The SMILES string of the molecule is CCc1ccc(NC)c(CC)c1Cc1ccccc1. The first kappa shape index (κ1) is 13.7. The quantitative estimate of drug-likeness (QED) is 0.830. The number of aryl methyl sites for hydroxylation is 1. The fourth-order valence-corrected chi connectivity index (χ4v) is 2.73. The van der Waals surface area contributed by atoms with Crippen molar-refractivity contribution < 1.29 is 0 Å². The summed E-state index contributed by atoms with van der Waals surface area (Å²) in [6.07, 6.45) is 3.20. The Labute approximate surface area is 116 Å². The highest BCUT2D eigenvalue weighted by molar-refractivity contribution is 5.58. The van der Waals surface area contributed by atoms with Gasteiger partial charge in [-0.3, -0.25) is 0 Å². The molecule has 0 aliphatic rings. The Hall–Kier alpha value is -1.76. The molecular weight excluding hydrogens is 230 g/mol. The van der Waals surface area contributed by atoms with Gasteiger partial charge in [-0.25, -0.2) is 0 Å². The largest absolute Gasteiger partial charge is 0.388 e. The second-order valence-corrected chi connectivity index (χ2v) is 4.85. The molecule has 0 bridgehead atoms. The summed E-state index contributed by atoms with van der Waals surface area (Å²) in [4.78, 5) is 0. The molecule has 0 atom stereocenters. The Kier molecular flexibility index (Phi) is 4.62. The smallest absolute Gasteiger partial charge is 0.0373 e. The summed E-state index contributed by atoms with van der Waals surface area (Å²) in [6.45, 7) is 4.48. The molecule has 1 nitrogen and oxygen atoms in total.